The lowest BCUT2D eigenvalue weighted by Gasteiger charge is -2.08. The fourth-order valence-corrected chi connectivity index (χ4v) is 2.94. The first-order chi connectivity index (χ1) is 11.7. The predicted molar refractivity (Wildman–Crippen MR) is 98.2 cm³/mol. The second-order valence-corrected chi connectivity index (χ2v) is 7.94. The average molecular weight is 385 g/mol. The van der Waals surface area contributed by atoms with E-state index in [-0.39, 0.29) is 13.0 Å². The van der Waals surface area contributed by atoms with Crippen LogP contribution in [0.15, 0.2) is 0 Å². The molecule has 0 amide bonds. The number of rotatable bonds is 14. The standard InChI is InChI=1S/C14H28O5S.C3H8O2/c1-2-3-4-5-6-7-8-9-10-11-12-13(14(15)16)20(17,18)19;1-3(5)2-4/h13H,2-12H2,1H3,(H,15,16)(H,17,18,19);3-5H,2H2,1H3. The molecule has 0 spiro atoms. The summed E-state index contributed by atoms with van der Waals surface area (Å²) in [6.07, 6.45) is 10.4. The lowest BCUT2D eigenvalue weighted by Crippen LogP contribution is -2.29. The molecule has 0 fully saturated rings. The molecule has 0 saturated carbocycles. The van der Waals surface area contributed by atoms with Gasteiger partial charge in [0.15, 0.2) is 5.25 Å². The first-order valence-electron chi connectivity index (χ1n) is 9.14. The van der Waals surface area contributed by atoms with E-state index in [0.29, 0.717) is 6.42 Å². The molecule has 0 heterocycles. The van der Waals surface area contributed by atoms with Crippen molar-refractivity contribution in [3.05, 3.63) is 0 Å². The molecular weight excluding hydrogens is 348 g/mol. The molecule has 2 unspecified atom stereocenters. The van der Waals surface area contributed by atoms with Crippen molar-refractivity contribution >= 4 is 16.1 Å². The first kappa shape index (κ1) is 26.5. The maximum Gasteiger partial charge on any atom is 0.324 e. The summed E-state index contributed by atoms with van der Waals surface area (Å²) in [7, 11) is -4.47. The maximum atomic E-state index is 10.8. The minimum atomic E-state index is -4.47. The monoisotopic (exact) mass is 384 g/mol. The number of carboxylic acid groups (broad SMARTS) is 1. The van der Waals surface area contributed by atoms with Crippen LogP contribution in [-0.2, 0) is 14.9 Å². The van der Waals surface area contributed by atoms with E-state index in [9.17, 15) is 13.2 Å². The molecule has 4 N–H and O–H groups in total. The van der Waals surface area contributed by atoms with Gasteiger partial charge in [-0.05, 0) is 13.3 Å². The van der Waals surface area contributed by atoms with Gasteiger partial charge in [-0.2, -0.15) is 8.42 Å². The van der Waals surface area contributed by atoms with E-state index >= 15 is 0 Å². The SMILES string of the molecule is CC(O)CO.CCCCCCCCCCCCC(C(=O)O)S(=O)(=O)O. The number of carboxylic acids is 1. The Labute approximate surface area is 152 Å². The Bertz CT molecular complexity index is 407. The Kier molecular flexibility index (Phi) is 17.8. The van der Waals surface area contributed by atoms with Crippen molar-refractivity contribution < 1.29 is 33.1 Å². The van der Waals surface area contributed by atoms with Gasteiger partial charge in [0.05, 0.1) is 12.7 Å². The maximum absolute atomic E-state index is 10.8. The Morgan fingerprint density at radius 1 is 0.920 bits per heavy atom. The zero-order valence-electron chi connectivity index (χ0n) is 15.6. The number of unbranched alkanes of at least 4 members (excludes halogenated alkanes) is 9. The molecule has 7 nitrogen and oxygen atoms in total. The summed E-state index contributed by atoms with van der Waals surface area (Å²) in [5, 5.41) is 23.0. The van der Waals surface area contributed by atoms with Crippen molar-refractivity contribution in [1.29, 1.82) is 0 Å². The van der Waals surface area contributed by atoms with Crippen molar-refractivity contribution in [1.82, 2.24) is 0 Å². The number of aliphatic hydroxyl groups excluding tert-OH is 2. The van der Waals surface area contributed by atoms with Crippen LogP contribution in [0.4, 0.5) is 0 Å². The van der Waals surface area contributed by atoms with Gasteiger partial charge >= 0.3 is 5.97 Å². The van der Waals surface area contributed by atoms with Crippen molar-refractivity contribution in [2.75, 3.05) is 6.61 Å². The zero-order valence-corrected chi connectivity index (χ0v) is 16.4. The van der Waals surface area contributed by atoms with E-state index in [4.69, 9.17) is 19.9 Å². The lowest BCUT2D eigenvalue weighted by atomic mass is 10.1. The second kappa shape index (κ2) is 16.8. The summed E-state index contributed by atoms with van der Waals surface area (Å²) in [6.45, 7) is 3.58. The molecule has 0 bridgehead atoms. The summed E-state index contributed by atoms with van der Waals surface area (Å²) < 4.78 is 30.5. The molecular formula is C17H36O7S. The Balaban J connectivity index is 0. The van der Waals surface area contributed by atoms with Crippen LogP contribution in [0.3, 0.4) is 0 Å². The number of aliphatic hydroxyl groups is 2. The molecule has 2 atom stereocenters. The summed E-state index contributed by atoms with van der Waals surface area (Å²) in [5.74, 6) is -1.47. The highest BCUT2D eigenvalue weighted by molar-refractivity contribution is 7.87. The fourth-order valence-electron chi connectivity index (χ4n) is 2.22. The van der Waals surface area contributed by atoms with Gasteiger partial charge in [0.25, 0.3) is 10.1 Å². The summed E-state index contributed by atoms with van der Waals surface area (Å²) in [4.78, 5) is 10.7. The van der Waals surface area contributed by atoms with Crippen LogP contribution in [0.2, 0.25) is 0 Å². The van der Waals surface area contributed by atoms with Crippen LogP contribution in [-0.4, -0.2) is 52.2 Å². The highest BCUT2D eigenvalue weighted by atomic mass is 32.2. The molecule has 0 aromatic heterocycles. The van der Waals surface area contributed by atoms with Crippen LogP contribution >= 0.6 is 0 Å². The molecule has 25 heavy (non-hydrogen) atoms. The smallest absolute Gasteiger partial charge is 0.324 e. The number of carbonyl (C=O) groups is 1. The molecule has 0 rings (SSSR count). The minimum Gasteiger partial charge on any atom is -0.480 e. The fraction of sp³-hybridized carbons (Fsp3) is 0.941. The van der Waals surface area contributed by atoms with Gasteiger partial charge in [0.2, 0.25) is 0 Å². The van der Waals surface area contributed by atoms with Gasteiger partial charge in [-0.1, -0.05) is 71.1 Å². The molecule has 8 heteroatoms. The number of hydrogen-bond acceptors (Lipinski definition) is 5. The van der Waals surface area contributed by atoms with E-state index < -0.39 is 27.4 Å². The molecule has 0 aliphatic carbocycles. The molecule has 0 aromatic rings. The third-order valence-electron chi connectivity index (χ3n) is 3.72. The number of hydrogen-bond donors (Lipinski definition) is 4. The van der Waals surface area contributed by atoms with Gasteiger partial charge in [-0.3, -0.25) is 9.35 Å². The molecule has 0 aromatic carbocycles. The van der Waals surface area contributed by atoms with Gasteiger partial charge in [-0.15, -0.1) is 0 Å². The van der Waals surface area contributed by atoms with Crippen molar-refractivity contribution in [3.8, 4) is 0 Å². The molecule has 0 aliphatic heterocycles. The van der Waals surface area contributed by atoms with Crippen LogP contribution in [0.5, 0.6) is 0 Å². The lowest BCUT2D eigenvalue weighted by molar-refractivity contribution is -0.136. The third-order valence-corrected chi connectivity index (χ3v) is 4.88. The third kappa shape index (κ3) is 19.5. The number of aliphatic carboxylic acids is 1. The highest BCUT2D eigenvalue weighted by Gasteiger charge is 2.29. The predicted octanol–water partition coefficient (Wildman–Crippen LogP) is 3.00. The van der Waals surface area contributed by atoms with E-state index in [2.05, 4.69) is 6.92 Å². The van der Waals surface area contributed by atoms with Crippen LogP contribution in [0.1, 0.15) is 84.5 Å². The van der Waals surface area contributed by atoms with Gasteiger partial charge < -0.3 is 15.3 Å². The Morgan fingerprint density at radius 2 is 1.28 bits per heavy atom. The molecule has 0 aliphatic rings. The van der Waals surface area contributed by atoms with E-state index in [1.165, 1.54) is 45.4 Å². The Hall–Kier alpha value is -0.700. The van der Waals surface area contributed by atoms with Gasteiger partial charge in [0.1, 0.15) is 0 Å². The molecule has 0 saturated heterocycles. The highest BCUT2D eigenvalue weighted by Crippen LogP contribution is 2.14. The quantitative estimate of drug-likeness (QED) is 0.267. The normalized spacial score (nSPS) is 13.6. The van der Waals surface area contributed by atoms with Crippen LogP contribution < -0.4 is 0 Å². The minimum absolute atomic E-state index is 0.00926. The largest absolute Gasteiger partial charge is 0.480 e. The van der Waals surface area contributed by atoms with Crippen molar-refractivity contribution in [3.63, 3.8) is 0 Å². The summed E-state index contributed by atoms with van der Waals surface area (Å²) in [6, 6.07) is 0. The van der Waals surface area contributed by atoms with Crippen LogP contribution in [0, 0.1) is 0 Å². The van der Waals surface area contributed by atoms with Crippen LogP contribution in [0.25, 0.3) is 0 Å². The van der Waals surface area contributed by atoms with Crippen molar-refractivity contribution in [2.45, 2.75) is 95.8 Å². The second-order valence-electron chi connectivity index (χ2n) is 6.34. The zero-order chi connectivity index (χ0) is 19.7. The first-order valence-corrected chi connectivity index (χ1v) is 10.6. The van der Waals surface area contributed by atoms with E-state index in [1.54, 1.807) is 0 Å². The summed E-state index contributed by atoms with van der Waals surface area (Å²) in [5.41, 5.74) is 0. The Morgan fingerprint density at radius 3 is 1.56 bits per heavy atom. The van der Waals surface area contributed by atoms with E-state index in [1.807, 2.05) is 0 Å². The van der Waals surface area contributed by atoms with E-state index in [0.717, 1.165) is 19.3 Å². The average Bonchev–Trinajstić information content (AvgIpc) is 2.51. The molecule has 152 valence electrons. The van der Waals surface area contributed by atoms with Crippen molar-refractivity contribution in [2.24, 2.45) is 0 Å². The van der Waals surface area contributed by atoms with Gasteiger partial charge in [0, 0.05) is 0 Å². The van der Waals surface area contributed by atoms with Gasteiger partial charge in [-0.25, -0.2) is 0 Å². The summed E-state index contributed by atoms with van der Waals surface area (Å²) >= 11 is 0. The topological polar surface area (TPSA) is 132 Å². The molecule has 0 radical (unpaired) electrons.